The monoisotopic (exact) mass is 361 g/mol. The van der Waals surface area contributed by atoms with Crippen molar-refractivity contribution >= 4 is 40.6 Å². The number of imide groups is 1. The molecule has 0 bridgehead atoms. The van der Waals surface area contributed by atoms with E-state index in [-0.39, 0.29) is 17.1 Å². The van der Waals surface area contributed by atoms with Gasteiger partial charge in [-0.15, -0.1) is 0 Å². The quantitative estimate of drug-likeness (QED) is 0.720. The topological polar surface area (TPSA) is 37.4 Å². The number of aryl methyl sites for hydroxylation is 1. The van der Waals surface area contributed by atoms with Gasteiger partial charge in [-0.25, -0.2) is 4.39 Å². The van der Waals surface area contributed by atoms with Gasteiger partial charge in [0.05, 0.1) is 11.4 Å². The van der Waals surface area contributed by atoms with Gasteiger partial charge in [-0.2, -0.15) is 0 Å². The van der Waals surface area contributed by atoms with Crippen LogP contribution in [0.4, 0.5) is 9.18 Å². The molecule has 1 aliphatic rings. The Morgan fingerprint density at radius 2 is 1.88 bits per heavy atom. The first kappa shape index (κ1) is 16.7. The van der Waals surface area contributed by atoms with E-state index in [1.807, 2.05) is 31.2 Å². The van der Waals surface area contributed by atoms with Gasteiger partial charge in [0.15, 0.2) is 0 Å². The minimum Gasteiger partial charge on any atom is -0.268 e. The Balaban J connectivity index is 1.85. The molecule has 122 valence electrons. The van der Waals surface area contributed by atoms with Gasteiger partial charge < -0.3 is 0 Å². The van der Waals surface area contributed by atoms with Crippen molar-refractivity contribution in [3.8, 4) is 0 Å². The lowest BCUT2D eigenvalue weighted by Gasteiger charge is -2.14. The van der Waals surface area contributed by atoms with Crippen LogP contribution in [0, 0.1) is 12.7 Å². The smallest absolute Gasteiger partial charge is 0.268 e. The van der Waals surface area contributed by atoms with Crippen molar-refractivity contribution in [3.63, 3.8) is 0 Å². The maximum absolute atomic E-state index is 13.9. The van der Waals surface area contributed by atoms with Crippen molar-refractivity contribution in [2.24, 2.45) is 0 Å². The summed E-state index contributed by atoms with van der Waals surface area (Å²) in [4.78, 5) is 25.9. The third kappa shape index (κ3) is 3.37. The van der Waals surface area contributed by atoms with E-state index in [0.717, 1.165) is 27.8 Å². The largest absolute Gasteiger partial charge is 0.293 e. The summed E-state index contributed by atoms with van der Waals surface area (Å²) >= 11 is 6.82. The van der Waals surface area contributed by atoms with E-state index in [9.17, 15) is 14.0 Å². The van der Waals surface area contributed by atoms with Crippen molar-refractivity contribution in [2.45, 2.75) is 13.5 Å². The lowest BCUT2D eigenvalue weighted by atomic mass is 10.1. The fourth-order valence-corrected chi connectivity index (χ4v) is 3.35. The van der Waals surface area contributed by atoms with E-state index in [4.69, 9.17) is 11.6 Å². The summed E-state index contributed by atoms with van der Waals surface area (Å²) in [6.07, 6.45) is 1.66. The number of nitrogens with zero attached hydrogens (tertiary/aromatic N) is 1. The van der Waals surface area contributed by atoms with Gasteiger partial charge in [-0.1, -0.05) is 47.5 Å². The van der Waals surface area contributed by atoms with Crippen LogP contribution in [0.3, 0.4) is 0 Å². The number of carbonyl (C=O) groups is 2. The number of carbonyl (C=O) groups excluding carboxylic acids is 2. The molecule has 0 spiro atoms. The van der Waals surface area contributed by atoms with Crippen LogP contribution < -0.4 is 0 Å². The van der Waals surface area contributed by atoms with Gasteiger partial charge in [0, 0.05) is 10.6 Å². The second-order valence-corrected chi connectivity index (χ2v) is 6.78. The summed E-state index contributed by atoms with van der Waals surface area (Å²) < 4.78 is 13.9. The van der Waals surface area contributed by atoms with E-state index in [0.29, 0.717) is 4.91 Å². The Labute approximate surface area is 148 Å². The molecule has 24 heavy (non-hydrogen) atoms. The van der Waals surface area contributed by atoms with E-state index < -0.39 is 17.0 Å². The molecule has 1 saturated heterocycles. The predicted molar refractivity (Wildman–Crippen MR) is 94.1 cm³/mol. The Morgan fingerprint density at radius 1 is 1.17 bits per heavy atom. The molecule has 3 nitrogen and oxygen atoms in total. The summed E-state index contributed by atoms with van der Waals surface area (Å²) in [5.41, 5.74) is 2.07. The van der Waals surface area contributed by atoms with E-state index in [1.54, 1.807) is 6.08 Å². The van der Waals surface area contributed by atoms with Gasteiger partial charge in [-0.3, -0.25) is 14.5 Å². The molecule has 1 fully saturated rings. The average molecular weight is 362 g/mol. The minimum atomic E-state index is -0.538. The van der Waals surface area contributed by atoms with Crippen LogP contribution in [0.1, 0.15) is 16.7 Å². The van der Waals surface area contributed by atoms with Crippen LogP contribution in [0.15, 0.2) is 47.4 Å². The maximum atomic E-state index is 13.9. The Hall–Kier alpha value is -2.11. The number of hydrogen-bond donors (Lipinski definition) is 0. The lowest BCUT2D eigenvalue weighted by molar-refractivity contribution is -0.123. The van der Waals surface area contributed by atoms with E-state index >= 15 is 0 Å². The fourth-order valence-electron chi connectivity index (χ4n) is 2.29. The summed E-state index contributed by atoms with van der Waals surface area (Å²) in [5, 5.41) is -0.241. The SMILES string of the molecule is Cc1ccc(/C=C2/SC(=O)N(Cc3c(F)cccc3Cl)C2=O)cc1. The second kappa shape index (κ2) is 6.79. The fraction of sp³-hybridized carbons (Fsp3) is 0.111. The Morgan fingerprint density at radius 3 is 2.54 bits per heavy atom. The highest BCUT2D eigenvalue weighted by molar-refractivity contribution is 8.18. The molecule has 6 heteroatoms. The van der Waals surface area contributed by atoms with Gasteiger partial charge in [0.1, 0.15) is 5.82 Å². The predicted octanol–water partition coefficient (Wildman–Crippen LogP) is 5.02. The number of benzene rings is 2. The van der Waals surface area contributed by atoms with Crippen LogP contribution in [-0.2, 0) is 11.3 Å². The third-order valence-corrected chi connectivity index (χ3v) is 4.89. The highest BCUT2D eigenvalue weighted by Gasteiger charge is 2.35. The van der Waals surface area contributed by atoms with Crippen LogP contribution in [0.25, 0.3) is 6.08 Å². The van der Waals surface area contributed by atoms with Gasteiger partial charge in [0.25, 0.3) is 11.1 Å². The average Bonchev–Trinajstić information content (AvgIpc) is 2.80. The molecular weight excluding hydrogens is 349 g/mol. The van der Waals surface area contributed by atoms with Crippen LogP contribution >= 0.6 is 23.4 Å². The molecule has 2 aromatic carbocycles. The van der Waals surface area contributed by atoms with Crippen molar-refractivity contribution in [2.75, 3.05) is 0 Å². The van der Waals surface area contributed by atoms with Gasteiger partial charge in [-0.05, 0) is 42.5 Å². The van der Waals surface area contributed by atoms with Gasteiger partial charge in [0.2, 0.25) is 0 Å². The highest BCUT2D eigenvalue weighted by atomic mass is 35.5. The van der Waals surface area contributed by atoms with Crippen LogP contribution in [0.5, 0.6) is 0 Å². The molecular formula is C18H13ClFNO2S. The van der Waals surface area contributed by atoms with Gasteiger partial charge >= 0.3 is 0 Å². The Kier molecular flexibility index (Phi) is 4.73. The van der Waals surface area contributed by atoms with Crippen LogP contribution in [0.2, 0.25) is 5.02 Å². The highest BCUT2D eigenvalue weighted by Crippen LogP contribution is 2.34. The van der Waals surface area contributed by atoms with Crippen molar-refractivity contribution in [1.29, 1.82) is 0 Å². The first-order valence-electron chi connectivity index (χ1n) is 7.20. The number of hydrogen-bond acceptors (Lipinski definition) is 3. The van der Waals surface area contributed by atoms with Crippen LogP contribution in [-0.4, -0.2) is 16.0 Å². The molecule has 0 aromatic heterocycles. The third-order valence-electron chi connectivity index (χ3n) is 3.63. The summed E-state index contributed by atoms with van der Waals surface area (Å²) in [7, 11) is 0. The van der Waals surface area contributed by atoms with Crippen molar-refractivity contribution in [3.05, 3.63) is 74.9 Å². The summed E-state index contributed by atoms with van der Waals surface area (Å²) in [6.45, 7) is 1.79. The molecule has 0 radical (unpaired) electrons. The molecule has 1 heterocycles. The normalized spacial score (nSPS) is 16.3. The summed E-state index contributed by atoms with van der Waals surface area (Å²) in [5.74, 6) is -0.978. The van der Waals surface area contributed by atoms with E-state index in [1.165, 1.54) is 18.2 Å². The van der Waals surface area contributed by atoms with E-state index in [2.05, 4.69) is 0 Å². The molecule has 2 amide bonds. The summed E-state index contributed by atoms with van der Waals surface area (Å²) in [6, 6.07) is 11.9. The first-order valence-corrected chi connectivity index (χ1v) is 8.40. The molecule has 0 saturated carbocycles. The number of halogens is 2. The Bertz CT molecular complexity index is 828. The standard InChI is InChI=1S/C18H13ClFNO2S/c1-11-5-7-12(8-6-11)9-16-17(22)21(18(23)24-16)10-13-14(19)3-2-4-15(13)20/h2-9H,10H2,1H3/b16-9+. The molecule has 0 unspecified atom stereocenters. The lowest BCUT2D eigenvalue weighted by Crippen LogP contribution is -2.28. The maximum Gasteiger partial charge on any atom is 0.293 e. The van der Waals surface area contributed by atoms with Crippen molar-refractivity contribution < 1.29 is 14.0 Å². The number of thioether (sulfide) groups is 1. The first-order chi connectivity index (χ1) is 11.5. The zero-order valence-electron chi connectivity index (χ0n) is 12.8. The zero-order valence-corrected chi connectivity index (χ0v) is 14.3. The zero-order chi connectivity index (χ0) is 17.3. The molecule has 3 rings (SSSR count). The minimum absolute atomic E-state index is 0.137. The molecule has 0 N–H and O–H groups in total. The molecule has 0 aliphatic carbocycles. The van der Waals surface area contributed by atoms with Crippen molar-refractivity contribution in [1.82, 2.24) is 4.90 Å². The number of rotatable bonds is 3. The number of amides is 2. The molecule has 1 aliphatic heterocycles. The molecule has 2 aromatic rings. The molecule has 0 atom stereocenters. The second-order valence-electron chi connectivity index (χ2n) is 5.38.